The lowest BCUT2D eigenvalue weighted by Crippen LogP contribution is -2.29. The highest BCUT2D eigenvalue weighted by Gasteiger charge is 2.15. The molecule has 1 saturated heterocycles. The van der Waals surface area contributed by atoms with Crippen LogP contribution in [0.25, 0.3) is 10.8 Å². The molecule has 2 aromatic rings. The molecule has 0 N–H and O–H groups in total. The maximum absolute atomic E-state index is 5.54. The van der Waals surface area contributed by atoms with Crippen LogP contribution in [0.4, 0.5) is 5.69 Å². The Labute approximate surface area is 107 Å². The molecule has 3 rings (SSSR count). The minimum atomic E-state index is 0.968. The highest BCUT2D eigenvalue weighted by molar-refractivity contribution is 5.88. The molecule has 0 saturated carbocycles. The molecular formula is C15H18N2O. The smallest absolute Gasteiger partial charge is 0.142 e. The average Bonchev–Trinajstić information content (AvgIpc) is 2.46. The molecule has 0 bridgehead atoms. The molecular weight excluding hydrogens is 224 g/mol. The van der Waals surface area contributed by atoms with Gasteiger partial charge in [-0.2, -0.15) is 0 Å². The summed E-state index contributed by atoms with van der Waals surface area (Å²) >= 11 is 0. The zero-order valence-corrected chi connectivity index (χ0v) is 10.7. The van der Waals surface area contributed by atoms with Crippen LogP contribution < -0.4 is 9.64 Å². The Morgan fingerprint density at radius 3 is 2.72 bits per heavy atom. The van der Waals surface area contributed by atoms with Gasteiger partial charge >= 0.3 is 0 Å². The molecule has 3 nitrogen and oxygen atoms in total. The fourth-order valence-electron chi connectivity index (χ4n) is 2.65. The maximum Gasteiger partial charge on any atom is 0.142 e. The number of anilines is 1. The van der Waals surface area contributed by atoms with Crippen molar-refractivity contribution < 1.29 is 4.74 Å². The van der Waals surface area contributed by atoms with Crippen LogP contribution >= 0.6 is 0 Å². The van der Waals surface area contributed by atoms with Gasteiger partial charge in [0.1, 0.15) is 5.75 Å². The lowest BCUT2D eigenvalue weighted by molar-refractivity contribution is 0.413. The fourth-order valence-corrected chi connectivity index (χ4v) is 2.65. The molecule has 3 heteroatoms. The average molecular weight is 242 g/mol. The highest BCUT2D eigenvalue weighted by atomic mass is 16.5. The predicted molar refractivity (Wildman–Crippen MR) is 74.4 cm³/mol. The van der Waals surface area contributed by atoms with Gasteiger partial charge in [-0.3, -0.25) is 4.98 Å². The van der Waals surface area contributed by atoms with E-state index in [-0.39, 0.29) is 0 Å². The van der Waals surface area contributed by atoms with E-state index in [1.54, 1.807) is 7.11 Å². The van der Waals surface area contributed by atoms with Crippen LogP contribution in [-0.2, 0) is 0 Å². The first-order valence-electron chi connectivity index (χ1n) is 6.55. The standard InChI is InChI=1S/C15H18N2O/c1-18-15-10-12-5-6-16-11-13(12)9-14(15)17-7-3-2-4-8-17/h5-6,9-11H,2-4,7-8H2,1H3. The third-order valence-electron chi connectivity index (χ3n) is 3.64. The van der Waals surface area contributed by atoms with Gasteiger partial charge in [-0.1, -0.05) is 0 Å². The summed E-state index contributed by atoms with van der Waals surface area (Å²) in [6, 6.07) is 6.34. The molecule has 0 radical (unpaired) electrons. The summed E-state index contributed by atoms with van der Waals surface area (Å²) in [5, 5.41) is 2.36. The number of nitrogens with zero attached hydrogens (tertiary/aromatic N) is 2. The molecule has 0 spiro atoms. The van der Waals surface area contributed by atoms with E-state index in [0.717, 1.165) is 18.8 Å². The molecule has 1 aliphatic rings. The Hall–Kier alpha value is -1.77. The zero-order chi connectivity index (χ0) is 12.4. The summed E-state index contributed by atoms with van der Waals surface area (Å²) in [7, 11) is 1.75. The number of piperidine rings is 1. The van der Waals surface area contributed by atoms with Gasteiger partial charge < -0.3 is 9.64 Å². The molecule has 18 heavy (non-hydrogen) atoms. The van der Waals surface area contributed by atoms with Crippen LogP contribution in [0.15, 0.2) is 30.6 Å². The van der Waals surface area contributed by atoms with Gasteiger partial charge in [0.05, 0.1) is 12.8 Å². The van der Waals surface area contributed by atoms with Crippen LogP contribution in [0.2, 0.25) is 0 Å². The normalized spacial score (nSPS) is 15.9. The van der Waals surface area contributed by atoms with Crippen molar-refractivity contribution in [1.29, 1.82) is 0 Å². The number of hydrogen-bond donors (Lipinski definition) is 0. The van der Waals surface area contributed by atoms with Gasteiger partial charge in [0.15, 0.2) is 0 Å². The number of benzene rings is 1. The Bertz CT molecular complexity index is 547. The number of methoxy groups -OCH3 is 1. The minimum absolute atomic E-state index is 0.968. The van der Waals surface area contributed by atoms with Crippen molar-refractivity contribution in [3.63, 3.8) is 0 Å². The van der Waals surface area contributed by atoms with E-state index in [0.29, 0.717) is 0 Å². The second-order valence-electron chi connectivity index (χ2n) is 4.79. The molecule has 94 valence electrons. The van der Waals surface area contributed by atoms with Crippen molar-refractivity contribution in [2.45, 2.75) is 19.3 Å². The van der Waals surface area contributed by atoms with Gasteiger partial charge in [-0.05, 0) is 42.8 Å². The fraction of sp³-hybridized carbons (Fsp3) is 0.400. The summed E-state index contributed by atoms with van der Waals surface area (Å²) in [5.74, 6) is 0.968. The first-order chi connectivity index (χ1) is 8.88. The van der Waals surface area contributed by atoms with Crippen molar-refractivity contribution in [2.24, 2.45) is 0 Å². The molecule has 1 fully saturated rings. The second-order valence-corrected chi connectivity index (χ2v) is 4.79. The third-order valence-corrected chi connectivity index (χ3v) is 3.64. The summed E-state index contributed by atoms with van der Waals surface area (Å²) in [6.07, 6.45) is 7.63. The summed E-state index contributed by atoms with van der Waals surface area (Å²) < 4.78 is 5.54. The lowest BCUT2D eigenvalue weighted by Gasteiger charge is -2.30. The Morgan fingerprint density at radius 2 is 1.94 bits per heavy atom. The molecule has 1 aromatic carbocycles. The van der Waals surface area contributed by atoms with Crippen molar-refractivity contribution in [3.05, 3.63) is 30.6 Å². The Kier molecular flexibility index (Phi) is 3.05. The van der Waals surface area contributed by atoms with E-state index >= 15 is 0 Å². The molecule has 0 amide bonds. The lowest BCUT2D eigenvalue weighted by atomic mass is 10.1. The topological polar surface area (TPSA) is 25.4 Å². The minimum Gasteiger partial charge on any atom is -0.495 e. The SMILES string of the molecule is COc1cc2ccncc2cc1N1CCCCC1. The number of ether oxygens (including phenoxy) is 1. The zero-order valence-electron chi connectivity index (χ0n) is 10.7. The van der Waals surface area contributed by atoms with Crippen LogP contribution in [-0.4, -0.2) is 25.2 Å². The van der Waals surface area contributed by atoms with Crippen LogP contribution in [0.5, 0.6) is 5.75 Å². The Balaban J connectivity index is 2.08. The number of aromatic nitrogens is 1. The molecule has 1 aromatic heterocycles. The Morgan fingerprint density at radius 1 is 1.11 bits per heavy atom. The number of rotatable bonds is 2. The van der Waals surface area contributed by atoms with Crippen molar-refractivity contribution in [3.8, 4) is 5.75 Å². The van der Waals surface area contributed by atoms with Gasteiger partial charge in [0, 0.05) is 30.9 Å². The second kappa shape index (κ2) is 4.84. The summed E-state index contributed by atoms with van der Waals surface area (Å²) in [5.41, 5.74) is 1.21. The number of pyridine rings is 1. The summed E-state index contributed by atoms with van der Waals surface area (Å²) in [4.78, 5) is 6.62. The first-order valence-corrected chi connectivity index (χ1v) is 6.55. The van der Waals surface area contributed by atoms with E-state index in [9.17, 15) is 0 Å². The first kappa shape index (κ1) is 11.3. The highest BCUT2D eigenvalue weighted by Crippen LogP contribution is 2.34. The van der Waals surface area contributed by atoms with Crippen LogP contribution in [0.3, 0.4) is 0 Å². The monoisotopic (exact) mass is 242 g/mol. The molecule has 0 aliphatic carbocycles. The van der Waals surface area contributed by atoms with Gasteiger partial charge in [-0.15, -0.1) is 0 Å². The summed E-state index contributed by atoms with van der Waals surface area (Å²) in [6.45, 7) is 2.25. The maximum atomic E-state index is 5.54. The van der Waals surface area contributed by atoms with Crippen molar-refractivity contribution in [1.82, 2.24) is 4.98 Å². The third kappa shape index (κ3) is 2.01. The van der Waals surface area contributed by atoms with E-state index in [4.69, 9.17) is 4.74 Å². The molecule has 1 aliphatic heterocycles. The molecule has 0 atom stereocenters. The van der Waals surface area contributed by atoms with Gasteiger partial charge in [0.25, 0.3) is 0 Å². The van der Waals surface area contributed by atoms with Gasteiger partial charge in [-0.25, -0.2) is 0 Å². The van der Waals surface area contributed by atoms with E-state index < -0.39 is 0 Å². The van der Waals surface area contributed by atoms with Crippen molar-refractivity contribution in [2.75, 3.05) is 25.1 Å². The van der Waals surface area contributed by atoms with Crippen molar-refractivity contribution >= 4 is 16.5 Å². The van der Waals surface area contributed by atoms with Gasteiger partial charge in [0.2, 0.25) is 0 Å². The van der Waals surface area contributed by atoms with E-state index in [1.165, 1.54) is 35.7 Å². The number of hydrogen-bond acceptors (Lipinski definition) is 3. The predicted octanol–water partition coefficient (Wildman–Crippen LogP) is 3.23. The largest absolute Gasteiger partial charge is 0.495 e. The number of fused-ring (bicyclic) bond motifs is 1. The molecule has 0 unspecified atom stereocenters. The quantitative estimate of drug-likeness (QED) is 0.808. The van der Waals surface area contributed by atoms with Crippen LogP contribution in [0.1, 0.15) is 19.3 Å². The van der Waals surface area contributed by atoms with E-state index in [2.05, 4.69) is 22.0 Å². The molecule has 2 heterocycles. The van der Waals surface area contributed by atoms with Crippen LogP contribution in [0, 0.1) is 0 Å². The van der Waals surface area contributed by atoms with E-state index in [1.807, 2.05) is 18.5 Å².